The highest BCUT2D eigenvalue weighted by molar-refractivity contribution is 5.95. The van der Waals surface area contributed by atoms with Gasteiger partial charge in [-0.3, -0.25) is 0 Å². The number of hydrogen-bond acceptors (Lipinski definition) is 3. The van der Waals surface area contributed by atoms with Crippen LogP contribution < -0.4 is 10.5 Å². The molecule has 2 rings (SSSR count). The van der Waals surface area contributed by atoms with Crippen LogP contribution in [0.4, 0.5) is 14.5 Å². The maximum absolute atomic E-state index is 14.2. The normalized spacial score (nSPS) is 10.3. The molecule has 0 heterocycles. The fourth-order valence-corrected chi connectivity index (χ4v) is 1.91. The Kier molecular flexibility index (Phi) is 3.56. The van der Waals surface area contributed by atoms with Crippen LogP contribution in [-0.2, 0) is 0 Å². The summed E-state index contributed by atoms with van der Waals surface area (Å²) in [7, 11) is 1.32. The van der Waals surface area contributed by atoms with E-state index in [1.54, 1.807) is 0 Å². The van der Waals surface area contributed by atoms with Gasteiger partial charge < -0.3 is 15.6 Å². The van der Waals surface area contributed by atoms with E-state index in [1.165, 1.54) is 19.2 Å². The number of aromatic carboxylic acids is 1. The van der Waals surface area contributed by atoms with Crippen molar-refractivity contribution in [3.8, 4) is 16.9 Å². The molecule has 0 aliphatic rings. The Labute approximate surface area is 113 Å². The van der Waals surface area contributed by atoms with E-state index in [2.05, 4.69) is 0 Å². The number of halogens is 2. The van der Waals surface area contributed by atoms with Crippen molar-refractivity contribution in [2.24, 2.45) is 0 Å². The SMILES string of the molecule is COc1cccc(F)c1-c1ccc(C(=O)O)c(N)c1F. The lowest BCUT2D eigenvalue weighted by atomic mass is 10.00. The zero-order valence-corrected chi connectivity index (χ0v) is 10.5. The molecule has 3 N–H and O–H groups in total. The number of carbonyl (C=O) groups is 1. The number of hydrogen-bond donors (Lipinski definition) is 2. The molecule has 0 aliphatic carbocycles. The second kappa shape index (κ2) is 5.16. The first-order valence-electron chi connectivity index (χ1n) is 5.61. The molecular weight excluding hydrogens is 268 g/mol. The summed E-state index contributed by atoms with van der Waals surface area (Å²) in [5.41, 5.74) is 4.28. The summed E-state index contributed by atoms with van der Waals surface area (Å²) >= 11 is 0. The smallest absolute Gasteiger partial charge is 0.337 e. The van der Waals surface area contributed by atoms with Crippen LogP contribution in [0.5, 0.6) is 5.75 Å². The van der Waals surface area contributed by atoms with E-state index in [0.717, 1.165) is 18.2 Å². The van der Waals surface area contributed by atoms with Gasteiger partial charge in [0.25, 0.3) is 0 Å². The van der Waals surface area contributed by atoms with Crippen molar-refractivity contribution in [3.63, 3.8) is 0 Å². The molecule has 0 saturated carbocycles. The van der Waals surface area contributed by atoms with E-state index in [9.17, 15) is 13.6 Å². The highest BCUT2D eigenvalue weighted by atomic mass is 19.1. The van der Waals surface area contributed by atoms with E-state index in [4.69, 9.17) is 15.6 Å². The van der Waals surface area contributed by atoms with E-state index < -0.39 is 23.3 Å². The van der Waals surface area contributed by atoms with Crippen LogP contribution in [0.2, 0.25) is 0 Å². The van der Waals surface area contributed by atoms with Gasteiger partial charge in [0.2, 0.25) is 0 Å². The van der Waals surface area contributed by atoms with Crippen molar-refractivity contribution in [1.82, 2.24) is 0 Å². The third-order valence-electron chi connectivity index (χ3n) is 2.87. The number of anilines is 1. The minimum Gasteiger partial charge on any atom is -0.496 e. The van der Waals surface area contributed by atoms with E-state index in [-0.39, 0.29) is 22.4 Å². The molecule has 0 saturated heterocycles. The van der Waals surface area contributed by atoms with Gasteiger partial charge in [-0.2, -0.15) is 0 Å². The van der Waals surface area contributed by atoms with Crippen molar-refractivity contribution >= 4 is 11.7 Å². The lowest BCUT2D eigenvalue weighted by molar-refractivity contribution is 0.0697. The zero-order chi connectivity index (χ0) is 14.9. The number of nitrogen functional groups attached to an aromatic ring is 1. The maximum Gasteiger partial charge on any atom is 0.337 e. The molecule has 0 aromatic heterocycles. The number of carboxylic acids is 1. The van der Waals surface area contributed by atoms with Gasteiger partial charge in [0.15, 0.2) is 5.82 Å². The van der Waals surface area contributed by atoms with E-state index >= 15 is 0 Å². The molecule has 104 valence electrons. The molecule has 0 bridgehead atoms. The van der Waals surface area contributed by atoms with Gasteiger partial charge in [-0.25, -0.2) is 13.6 Å². The van der Waals surface area contributed by atoms with Gasteiger partial charge in [0, 0.05) is 5.56 Å². The van der Waals surface area contributed by atoms with Gasteiger partial charge in [0.05, 0.1) is 23.9 Å². The molecule has 4 nitrogen and oxygen atoms in total. The van der Waals surface area contributed by atoms with Gasteiger partial charge in [-0.1, -0.05) is 12.1 Å². The summed E-state index contributed by atoms with van der Waals surface area (Å²) in [6, 6.07) is 6.33. The number of benzene rings is 2. The highest BCUT2D eigenvalue weighted by Gasteiger charge is 2.20. The molecule has 0 spiro atoms. The molecule has 0 fully saturated rings. The fraction of sp³-hybridized carbons (Fsp3) is 0.0714. The van der Waals surface area contributed by atoms with Gasteiger partial charge >= 0.3 is 5.97 Å². The predicted molar refractivity (Wildman–Crippen MR) is 69.7 cm³/mol. The monoisotopic (exact) mass is 279 g/mol. The Hall–Kier alpha value is -2.63. The van der Waals surface area contributed by atoms with Crippen molar-refractivity contribution in [1.29, 1.82) is 0 Å². The molecule has 2 aromatic carbocycles. The second-order valence-corrected chi connectivity index (χ2v) is 4.01. The van der Waals surface area contributed by atoms with E-state index in [1.807, 2.05) is 0 Å². The van der Waals surface area contributed by atoms with Gasteiger partial charge in [-0.05, 0) is 18.2 Å². The number of carboxylic acid groups (broad SMARTS) is 1. The van der Waals surface area contributed by atoms with Crippen LogP contribution >= 0.6 is 0 Å². The number of rotatable bonds is 3. The first kappa shape index (κ1) is 13.8. The Morgan fingerprint density at radius 1 is 1.25 bits per heavy atom. The minimum absolute atomic E-state index is 0.101. The minimum atomic E-state index is -1.35. The summed E-state index contributed by atoms with van der Waals surface area (Å²) in [6.45, 7) is 0. The lowest BCUT2D eigenvalue weighted by Gasteiger charge is -2.12. The van der Waals surface area contributed by atoms with Crippen LogP contribution in [0.25, 0.3) is 11.1 Å². The Balaban J connectivity index is 2.72. The molecule has 6 heteroatoms. The molecule has 0 aliphatic heterocycles. The molecule has 2 aromatic rings. The molecule has 0 radical (unpaired) electrons. The third-order valence-corrected chi connectivity index (χ3v) is 2.87. The van der Waals surface area contributed by atoms with Crippen LogP contribution in [0.1, 0.15) is 10.4 Å². The first-order valence-corrected chi connectivity index (χ1v) is 5.61. The van der Waals surface area contributed by atoms with Crippen LogP contribution in [-0.4, -0.2) is 18.2 Å². The van der Waals surface area contributed by atoms with Crippen molar-refractivity contribution < 1.29 is 23.4 Å². The molecular formula is C14H11F2NO3. The van der Waals surface area contributed by atoms with Crippen LogP contribution in [0, 0.1) is 11.6 Å². The fourth-order valence-electron chi connectivity index (χ4n) is 1.91. The lowest BCUT2D eigenvalue weighted by Crippen LogP contribution is -2.06. The summed E-state index contributed by atoms with van der Waals surface area (Å²) in [5, 5.41) is 8.86. The molecule has 20 heavy (non-hydrogen) atoms. The maximum atomic E-state index is 14.2. The Morgan fingerprint density at radius 3 is 2.55 bits per heavy atom. The highest BCUT2D eigenvalue weighted by Crippen LogP contribution is 2.36. The van der Waals surface area contributed by atoms with Crippen LogP contribution in [0.15, 0.2) is 30.3 Å². The average Bonchev–Trinajstić information content (AvgIpc) is 2.41. The number of nitrogens with two attached hydrogens (primary N) is 1. The van der Waals surface area contributed by atoms with Gasteiger partial charge in [-0.15, -0.1) is 0 Å². The largest absolute Gasteiger partial charge is 0.496 e. The Bertz CT molecular complexity index is 686. The summed E-state index contributed by atoms with van der Waals surface area (Å²) in [4.78, 5) is 10.9. The molecule has 0 atom stereocenters. The predicted octanol–water partition coefficient (Wildman–Crippen LogP) is 2.92. The van der Waals surface area contributed by atoms with Crippen molar-refractivity contribution in [2.75, 3.05) is 12.8 Å². The second-order valence-electron chi connectivity index (χ2n) is 4.01. The third kappa shape index (κ3) is 2.16. The first-order chi connectivity index (χ1) is 9.47. The molecule has 0 unspecified atom stereocenters. The quantitative estimate of drug-likeness (QED) is 0.847. The number of ether oxygens (including phenoxy) is 1. The standard InChI is InChI=1S/C14H11F2NO3/c1-20-10-4-2-3-9(15)11(10)7-5-6-8(14(18)19)13(17)12(7)16/h2-6H,17H2,1H3,(H,18,19). The van der Waals surface area contributed by atoms with Gasteiger partial charge in [0.1, 0.15) is 11.6 Å². The topological polar surface area (TPSA) is 72.5 Å². The number of methoxy groups -OCH3 is 1. The molecule has 0 amide bonds. The summed E-state index contributed by atoms with van der Waals surface area (Å²) < 4.78 is 33.1. The zero-order valence-electron chi connectivity index (χ0n) is 10.5. The van der Waals surface area contributed by atoms with Crippen molar-refractivity contribution in [2.45, 2.75) is 0 Å². The van der Waals surface area contributed by atoms with Crippen LogP contribution in [0.3, 0.4) is 0 Å². The summed E-state index contributed by atoms with van der Waals surface area (Å²) in [6.07, 6.45) is 0. The Morgan fingerprint density at radius 2 is 1.95 bits per heavy atom. The average molecular weight is 279 g/mol. The van der Waals surface area contributed by atoms with Crippen molar-refractivity contribution in [3.05, 3.63) is 47.5 Å². The summed E-state index contributed by atoms with van der Waals surface area (Å²) in [5.74, 6) is -2.90. The van der Waals surface area contributed by atoms with E-state index in [0.29, 0.717) is 0 Å².